The van der Waals surface area contributed by atoms with Gasteiger partial charge in [0.1, 0.15) is 11.6 Å². The van der Waals surface area contributed by atoms with Crippen LogP contribution in [0.1, 0.15) is 30.8 Å². The maximum Gasteiger partial charge on any atom is 0.267 e. The van der Waals surface area contributed by atoms with Crippen LogP contribution in [0.25, 0.3) is 0 Å². The van der Waals surface area contributed by atoms with Crippen LogP contribution in [0, 0.1) is 5.82 Å². The molecule has 1 aliphatic rings. The molecule has 0 amide bonds. The number of ether oxygens (including phenoxy) is 1. The van der Waals surface area contributed by atoms with Crippen molar-refractivity contribution in [3.05, 3.63) is 41.8 Å². The smallest absolute Gasteiger partial charge is 0.267 e. The lowest BCUT2D eigenvalue weighted by Crippen LogP contribution is -2.44. The molecule has 1 saturated heterocycles. The number of benzene rings is 1. The van der Waals surface area contributed by atoms with Gasteiger partial charge in [-0.05, 0) is 26.1 Å². The number of halogens is 2. The molecule has 6 nitrogen and oxygen atoms in total. The van der Waals surface area contributed by atoms with E-state index >= 15 is 0 Å². The van der Waals surface area contributed by atoms with E-state index in [1.165, 1.54) is 12.1 Å². The quantitative estimate of drug-likeness (QED) is 0.920. The van der Waals surface area contributed by atoms with Crippen LogP contribution in [-0.4, -0.2) is 41.7 Å². The minimum atomic E-state index is -0.440. The summed E-state index contributed by atoms with van der Waals surface area (Å²) in [5.41, 5.74) is 0. The summed E-state index contributed by atoms with van der Waals surface area (Å²) in [4.78, 5) is 6.61. The van der Waals surface area contributed by atoms with E-state index in [0.29, 0.717) is 17.5 Å². The van der Waals surface area contributed by atoms with Crippen LogP contribution in [0.5, 0.6) is 5.75 Å². The number of nitrogens with one attached hydrogen (secondary N) is 1. The van der Waals surface area contributed by atoms with Gasteiger partial charge < -0.3 is 14.6 Å². The fourth-order valence-electron chi connectivity index (χ4n) is 2.44. The average Bonchev–Trinajstić information content (AvgIpc) is 2.97. The van der Waals surface area contributed by atoms with Gasteiger partial charge in [0.15, 0.2) is 11.9 Å². The molecule has 0 saturated carbocycles. The van der Waals surface area contributed by atoms with Crippen LogP contribution >= 0.6 is 12.4 Å². The van der Waals surface area contributed by atoms with Crippen molar-refractivity contribution in [3.63, 3.8) is 0 Å². The second-order valence-corrected chi connectivity index (χ2v) is 5.41. The summed E-state index contributed by atoms with van der Waals surface area (Å²) < 4.78 is 24.1. The van der Waals surface area contributed by atoms with Crippen molar-refractivity contribution in [2.24, 2.45) is 0 Å². The largest absolute Gasteiger partial charge is 0.481 e. The number of rotatable bonds is 4. The van der Waals surface area contributed by atoms with Gasteiger partial charge in [0.25, 0.3) is 5.89 Å². The lowest BCUT2D eigenvalue weighted by Gasteiger charge is -2.30. The Morgan fingerprint density at radius 3 is 3.04 bits per heavy atom. The van der Waals surface area contributed by atoms with Crippen LogP contribution in [0.4, 0.5) is 4.39 Å². The molecule has 0 radical (unpaired) electrons. The van der Waals surface area contributed by atoms with E-state index in [4.69, 9.17) is 9.26 Å². The zero-order valence-electron chi connectivity index (χ0n) is 13.0. The molecule has 2 heterocycles. The van der Waals surface area contributed by atoms with Crippen molar-refractivity contribution in [1.29, 1.82) is 0 Å². The Balaban J connectivity index is 0.00000192. The minimum Gasteiger partial charge on any atom is -0.481 e. The molecule has 8 heteroatoms. The second kappa shape index (κ2) is 7.72. The summed E-state index contributed by atoms with van der Waals surface area (Å²) in [5, 5.41) is 7.36. The Kier molecular flexibility index (Phi) is 5.92. The van der Waals surface area contributed by atoms with E-state index in [2.05, 4.69) is 20.4 Å². The third-order valence-electron chi connectivity index (χ3n) is 3.72. The molecule has 1 aromatic carbocycles. The Morgan fingerprint density at radius 2 is 2.30 bits per heavy atom. The van der Waals surface area contributed by atoms with E-state index in [1.807, 2.05) is 7.05 Å². The molecular weight excluding hydrogens is 323 g/mol. The molecule has 3 rings (SSSR count). The maximum absolute atomic E-state index is 13.2. The highest BCUT2D eigenvalue weighted by Gasteiger charge is 2.26. The van der Waals surface area contributed by atoms with Gasteiger partial charge in [-0.15, -0.1) is 12.4 Å². The highest BCUT2D eigenvalue weighted by molar-refractivity contribution is 5.85. The molecule has 1 aromatic heterocycles. The van der Waals surface area contributed by atoms with Gasteiger partial charge >= 0.3 is 0 Å². The monoisotopic (exact) mass is 342 g/mol. The Morgan fingerprint density at radius 1 is 1.48 bits per heavy atom. The van der Waals surface area contributed by atoms with Crippen molar-refractivity contribution >= 4 is 12.4 Å². The van der Waals surface area contributed by atoms with Crippen molar-refractivity contribution < 1.29 is 13.7 Å². The first kappa shape index (κ1) is 17.7. The predicted octanol–water partition coefficient (Wildman–Crippen LogP) is 2.35. The summed E-state index contributed by atoms with van der Waals surface area (Å²) >= 11 is 0. The van der Waals surface area contributed by atoms with E-state index in [0.717, 1.165) is 19.6 Å². The predicted molar refractivity (Wildman–Crippen MR) is 85.2 cm³/mol. The van der Waals surface area contributed by atoms with E-state index < -0.39 is 6.10 Å². The van der Waals surface area contributed by atoms with Crippen molar-refractivity contribution in [1.82, 2.24) is 20.4 Å². The zero-order valence-corrected chi connectivity index (χ0v) is 13.8. The van der Waals surface area contributed by atoms with E-state index in [-0.39, 0.29) is 24.3 Å². The summed E-state index contributed by atoms with van der Waals surface area (Å²) in [6, 6.07) is 6.07. The SMILES string of the molecule is CC(Oc1cccc(F)c1)c1nc(C2CNCCN2C)no1.Cl. The first-order valence-corrected chi connectivity index (χ1v) is 7.30. The van der Waals surface area contributed by atoms with Crippen molar-refractivity contribution in [2.75, 3.05) is 26.7 Å². The van der Waals surface area contributed by atoms with Crippen LogP contribution in [0.3, 0.4) is 0 Å². The molecule has 2 aromatic rings. The summed E-state index contributed by atoms with van der Waals surface area (Å²) in [6.07, 6.45) is -0.440. The average molecular weight is 343 g/mol. The molecule has 1 N–H and O–H groups in total. The maximum atomic E-state index is 13.2. The van der Waals surface area contributed by atoms with Gasteiger partial charge in [0, 0.05) is 25.7 Å². The first-order chi connectivity index (χ1) is 10.6. The lowest BCUT2D eigenvalue weighted by molar-refractivity contribution is 0.173. The highest BCUT2D eigenvalue weighted by atomic mass is 35.5. The number of piperazine rings is 1. The summed E-state index contributed by atoms with van der Waals surface area (Å²) in [7, 11) is 2.04. The van der Waals surface area contributed by atoms with Gasteiger partial charge in [0.2, 0.25) is 0 Å². The molecule has 0 spiro atoms. The number of hydrogen-bond donors (Lipinski definition) is 1. The highest BCUT2D eigenvalue weighted by Crippen LogP contribution is 2.23. The van der Waals surface area contributed by atoms with Crippen LogP contribution in [0.15, 0.2) is 28.8 Å². The molecule has 0 bridgehead atoms. The Labute approximate surface area is 140 Å². The second-order valence-electron chi connectivity index (χ2n) is 5.41. The molecule has 126 valence electrons. The number of nitrogens with zero attached hydrogens (tertiary/aromatic N) is 3. The fourth-order valence-corrected chi connectivity index (χ4v) is 2.44. The zero-order chi connectivity index (χ0) is 15.5. The standard InChI is InChI=1S/C15H19FN4O2.ClH/c1-10(21-12-5-3-4-11(16)8-12)15-18-14(19-22-15)13-9-17-6-7-20(13)2;/h3-5,8,10,13,17H,6-7,9H2,1-2H3;1H. The molecule has 2 atom stereocenters. The fraction of sp³-hybridized carbons (Fsp3) is 0.467. The van der Waals surface area contributed by atoms with Crippen LogP contribution in [0.2, 0.25) is 0 Å². The van der Waals surface area contributed by atoms with Crippen molar-refractivity contribution in [2.45, 2.75) is 19.1 Å². The van der Waals surface area contributed by atoms with E-state index in [1.54, 1.807) is 19.1 Å². The van der Waals surface area contributed by atoms with Crippen LogP contribution < -0.4 is 10.1 Å². The first-order valence-electron chi connectivity index (χ1n) is 7.30. The topological polar surface area (TPSA) is 63.4 Å². The Hall–Kier alpha value is -1.70. The van der Waals surface area contributed by atoms with Gasteiger partial charge in [0.05, 0.1) is 6.04 Å². The molecule has 1 aliphatic heterocycles. The Bertz CT molecular complexity index is 639. The van der Waals surface area contributed by atoms with Gasteiger partial charge in [-0.3, -0.25) is 4.90 Å². The molecular formula is C15H20ClFN4O2. The molecule has 0 aliphatic carbocycles. The molecule has 23 heavy (non-hydrogen) atoms. The van der Waals surface area contributed by atoms with Gasteiger partial charge in [-0.2, -0.15) is 4.98 Å². The minimum absolute atomic E-state index is 0. The summed E-state index contributed by atoms with van der Waals surface area (Å²) in [5.74, 6) is 1.12. The summed E-state index contributed by atoms with van der Waals surface area (Å²) in [6.45, 7) is 4.47. The third-order valence-corrected chi connectivity index (χ3v) is 3.72. The molecule has 2 unspecified atom stereocenters. The number of likely N-dealkylation sites (N-methyl/N-ethyl adjacent to an activating group) is 1. The molecule has 1 fully saturated rings. The van der Waals surface area contributed by atoms with Gasteiger partial charge in [-0.25, -0.2) is 4.39 Å². The van der Waals surface area contributed by atoms with Gasteiger partial charge in [-0.1, -0.05) is 11.2 Å². The van der Waals surface area contributed by atoms with Crippen LogP contribution in [-0.2, 0) is 0 Å². The number of hydrogen-bond acceptors (Lipinski definition) is 6. The number of aromatic nitrogens is 2. The third kappa shape index (κ3) is 4.19. The van der Waals surface area contributed by atoms with Crippen molar-refractivity contribution in [3.8, 4) is 5.75 Å². The van der Waals surface area contributed by atoms with E-state index in [9.17, 15) is 4.39 Å². The lowest BCUT2D eigenvalue weighted by atomic mass is 10.2. The normalized spacial score (nSPS) is 19.9.